The van der Waals surface area contributed by atoms with E-state index in [1.807, 2.05) is 67.6 Å². The molecule has 6 heteroatoms. The lowest BCUT2D eigenvalue weighted by Gasteiger charge is -2.10. The highest BCUT2D eigenvalue weighted by atomic mass is 16.5. The number of carbonyl (C=O) groups is 1. The van der Waals surface area contributed by atoms with Crippen LogP contribution >= 0.6 is 0 Å². The minimum atomic E-state index is -0.0451. The molecule has 4 aromatic rings. The number of amides is 1. The molecule has 2 heterocycles. The predicted octanol–water partition coefficient (Wildman–Crippen LogP) is 5.80. The third-order valence-electron chi connectivity index (χ3n) is 4.74. The van der Waals surface area contributed by atoms with E-state index in [-0.39, 0.29) is 5.91 Å². The van der Waals surface area contributed by atoms with Crippen molar-refractivity contribution in [1.82, 2.24) is 9.97 Å². The molecule has 0 aliphatic heterocycles. The summed E-state index contributed by atoms with van der Waals surface area (Å²) in [4.78, 5) is 20.8. The number of nitrogens with one attached hydrogen (secondary N) is 1. The van der Waals surface area contributed by atoms with Gasteiger partial charge in [-0.15, -0.1) is 0 Å². The van der Waals surface area contributed by atoms with E-state index in [0.717, 1.165) is 22.6 Å². The summed E-state index contributed by atoms with van der Waals surface area (Å²) in [5.41, 5.74) is 2.67. The molecule has 0 spiro atoms. The van der Waals surface area contributed by atoms with E-state index in [0.29, 0.717) is 36.8 Å². The highest BCUT2D eigenvalue weighted by Gasteiger charge is 2.09. The molecule has 0 bridgehead atoms. The molecule has 31 heavy (non-hydrogen) atoms. The normalized spacial score (nSPS) is 10.6. The van der Waals surface area contributed by atoms with E-state index in [1.165, 1.54) is 0 Å². The molecule has 4 rings (SSSR count). The van der Waals surface area contributed by atoms with E-state index >= 15 is 0 Å². The zero-order chi connectivity index (χ0) is 21.5. The smallest absolute Gasteiger partial charge is 0.224 e. The Morgan fingerprint density at radius 2 is 1.87 bits per heavy atom. The molecule has 0 saturated carbocycles. The number of rotatable bonds is 8. The lowest BCUT2D eigenvalue weighted by atomic mass is 10.1. The molecule has 0 aliphatic rings. The van der Waals surface area contributed by atoms with Gasteiger partial charge in [0.2, 0.25) is 11.8 Å². The fourth-order valence-electron chi connectivity index (χ4n) is 3.14. The van der Waals surface area contributed by atoms with Crippen LogP contribution in [0.25, 0.3) is 11.3 Å². The Hall–Kier alpha value is -3.93. The first-order valence-electron chi connectivity index (χ1n) is 10.2. The highest BCUT2D eigenvalue weighted by Crippen LogP contribution is 2.25. The molecule has 2 aromatic heterocycles. The van der Waals surface area contributed by atoms with Gasteiger partial charge in [0.15, 0.2) is 11.7 Å². The van der Waals surface area contributed by atoms with Crippen LogP contribution in [-0.4, -0.2) is 15.9 Å². The molecule has 1 amide bonds. The van der Waals surface area contributed by atoms with Crippen molar-refractivity contribution in [2.75, 3.05) is 5.32 Å². The number of benzene rings is 2. The molecule has 0 radical (unpaired) electrons. The standard InChI is InChI=1S/C25H23N3O3/c1-18-16-20(30-24-11-5-6-15-26-24)13-14-21(18)28-23(29)10-7-12-25-27-17-22(31-25)19-8-3-2-4-9-19/h2-6,8-9,11,13-17H,7,10,12H2,1H3,(H,28,29). The second kappa shape index (κ2) is 9.71. The number of aryl methyl sites for hydroxylation is 2. The van der Waals surface area contributed by atoms with Crippen molar-refractivity contribution in [3.8, 4) is 23.0 Å². The van der Waals surface area contributed by atoms with Gasteiger partial charge in [-0.25, -0.2) is 9.97 Å². The van der Waals surface area contributed by atoms with Crippen molar-refractivity contribution >= 4 is 11.6 Å². The summed E-state index contributed by atoms with van der Waals surface area (Å²) in [5, 5.41) is 2.96. The maximum absolute atomic E-state index is 12.4. The van der Waals surface area contributed by atoms with Gasteiger partial charge in [0.05, 0.1) is 6.20 Å². The number of anilines is 1. The number of ether oxygens (including phenoxy) is 1. The highest BCUT2D eigenvalue weighted by molar-refractivity contribution is 5.91. The molecule has 0 saturated heterocycles. The van der Waals surface area contributed by atoms with Gasteiger partial charge in [-0.2, -0.15) is 0 Å². The fraction of sp³-hybridized carbons (Fsp3) is 0.160. The first-order valence-corrected chi connectivity index (χ1v) is 10.2. The number of aromatic nitrogens is 2. The molecule has 1 N–H and O–H groups in total. The monoisotopic (exact) mass is 413 g/mol. The molecule has 156 valence electrons. The van der Waals surface area contributed by atoms with Crippen LogP contribution in [0.1, 0.15) is 24.3 Å². The average molecular weight is 413 g/mol. The van der Waals surface area contributed by atoms with Crippen LogP contribution in [0.15, 0.2) is 83.5 Å². The van der Waals surface area contributed by atoms with Crippen molar-refractivity contribution in [2.24, 2.45) is 0 Å². The van der Waals surface area contributed by atoms with E-state index in [1.54, 1.807) is 18.5 Å². The fourth-order valence-corrected chi connectivity index (χ4v) is 3.14. The van der Waals surface area contributed by atoms with Gasteiger partial charge in [0.1, 0.15) is 5.75 Å². The first kappa shape index (κ1) is 20.3. The Morgan fingerprint density at radius 3 is 2.65 bits per heavy atom. The number of hydrogen-bond donors (Lipinski definition) is 1. The zero-order valence-corrected chi connectivity index (χ0v) is 17.2. The summed E-state index contributed by atoms with van der Waals surface area (Å²) in [5.74, 6) is 2.53. The van der Waals surface area contributed by atoms with Crippen molar-refractivity contribution in [3.63, 3.8) is 0 Å². The van der Waals surface area contributed by atoms with Gasteiger partial charge in [0, 0.05) is 36.4 Å². The van der Waals surface area contributed by atoms with E-state index in [9.17, 15) is 4.79 Å². The second-order valence-electron chi connectivity index (χ2n) is 7.13. The average Bonchev–Trinajstić information content (AvgIpc) is 3.26. The number of oxazole rings is 1. The zero-order valence-electron chi connectivity index (χ0n) is 17.2. The largest absolute Gasteiger partial charge is 0.441 e. The Morgan fingerprint density at radius 1 is 1.03 bits per heavy atom. The summed E-state index contributed by atoms with van der Waals surface area (Å²) in [6.07, 6.45) is 5.05. The first-order chi connectivity index (χ1) is 15.2. The van der Waals surface area contributed by atoms with Crippen molar-refractivity contribution in [1.29, 1.82) is 0 Å². The molecule has 0 aliphatic carbocycles. The Balaban J connectivity index is 1.27. The summed E-state index contributed by atoms with van der Waals surface area (Å²) in [6.45, 7) is 1.93. The Kier molecular flexibility index (Phi) is 6.38. The minimum absolute atomic E-state index is 0.0451. The molecule has 0 atom stereocenters. The lowest BCUT2D eigenvalue weighted by Crippen LogP contribution is -2.12. The third kappa shape index (κ3) is 5.57. The van der Waals surface area contributed by atoms with Crippen LogP contribution in [0.3, 0.4) is 0 Å². The van der Waals surface area contributed by atoms with Gasteiger partial charge in [-0.1, -0.05) is 36.4 Å². The Bertz CT molecular complexity index is 1140. The van der Waals surface area contributed by atoms with Crippen molar-refractivity contribution in [3.05, 3.63) is 90.6 Å². The topological polar surface area (TPSA) is 77.2 Å². The van der Waals surface area contributed by atoms with Crippen LogP contribution in [0, 0.1) is 6.92 Å². The van der Waals surface area contributed by atoms with Gasteiger partial charge in [0.25, 0.3) is 0 Å². The summed E-state index contributed by atoms with van der Waals surface area (Å²) >= 11 is 0. The molecule has 0 unspecified atom stereocenters. The molecule has 2 aromatic carbocycles. The summed E-state index contributed by atoms with van der Waals surface area (Å²) in [7, 11) is 0. The molecule has 0 fully saturated rings. The lowest BCUT2D eigenvalue weighted by molar-refractivity contribution is -0.116. The van der Waals surface area contributed by atoms with Gasteiger partial charge in [-0.05, 0) is 43.2 Å². The quantitative estimate of drug-likeness (QED) is 0.395. The number of pyridine rings is 1. The number of nitrogens with zero attached hydrogens (tertiary/aromatic N) is 2. The van der Waals surface area contributed by atoms with Crippen molar-refractivity contribution < 1.29 is 13.9 Å². The van der Waals surface area contributed by atoms with Crippen LogP contribution in [0.2, 0.25) is 0 Å². The summed E-state index contributed by atoms with van der Waals surface area (Å²) < 4.78 is 11.5. The maximum atomic E-state index is 12.4. The van der Waals surface area contributed by atoms with Crippen LogP contribution in [0.4, 0.5) is 5.69 Å². The molecule has 6 nitrogen and oxygen atoms in total. The van der Waals surface area contributed by atoms with E-state index in [4.69, 9.17) is 9.15 Å². The minimum Gasteiger partial charge on any atom is -0.441 e. The Labute approximate surface area is 180 Å². The third-order valence-corrected chi connectivity index (χ3v) is 4.74. The van der Waals surface area contributed by atoms with E-state index in [2.05, 4.69) is 15.3 Å². The predicted molar refractivity (Wildman–Crippen MR) is 119 cm³/mol. The van der Waals surface area contributed by atoms with Crippen LogP contribution in [0.5, 0.6) is 11.6 Å². The van der Waals surface area contributed by atoms with Crippen LogP contribution in [-0.2, 0) is 11.2 Å². The second-order valence-corrected chi connectivity index (χ2v) is 7.13. The van der Waals surface area contributed by atoms with Gasteiger partial charge in [-0.3, -0.25) is 4.79 Å². The van der Waals surface area contributed by atoms with Gasteiger partial charge < -0.3 is 14.5 Å². The van der Waals surface area contributed by atoms with Crippen LogP contribution < -0.4 is 10.1 Å². The molecular weight excluding hydrogens is 390 g/mol. The SMILES string of the molecule is Cc1cc(Oc2ccccn2)ccc1NC(=O)CCCc1ncc(-c2ccccc2)o1. The van der Waals surface area contributed by atoms with E-state index < -0.39 is 0 Å². The van der Waals surface area contributed by atoms with Gasteiger partial charge >= 0.3 is 0 Å². The summed E-state index contributed by atoms with van der Waals surface area (Å²) in [6, 6.07) is 20.9. The number of carbonyl (C=O) groups excluding carboxylic acids is 1. The number of hydrogen-bond acceptors (Lipinski definition) is 5. The maximum Gasteiger partial charge on any atom is 0.224 e. The molecular formula is C25H23N3O3. The van der Waals surface area contributed by atoms with Crippen molar-refractivity contribution in [2.45, 2.75) is 26.2 Å².